The second-order valence-electron chi connectivity index (χ2n) is 5.87. The summed E-state index contributed by atoms with van der Waals surface area (Å²) >= 11 is 0. The number of aliphatic hydroxyl groups excluding tert-OH is 1. The minimum atomic E-state index is -0.433. The van der Waals surface area contributed by atoms with Crippen LogP contribution in [0.5, 0.6) is 0 Å². The molecule has 0 unspecified atom stereocenters. The van der Waals surface area contributed by atoms with Crippen molar-refractivity contribution in [3.05, 3.63) is 29.8 Å². The number of benzene rings is 1. The lowest BCUT2D eigenvalue weighted by atomic mass is 10.0. The molecule has 0 radical (unpaired) electrons. The van der Waals surface area contributed by atoms with E-state index >= 15 is 0 Å². The highest BCUT2D eigenvalue weighted by Gasteiger charge is 2.40. The van der Waals surface area contributed by atoms with Gasteiger partial charge in [-0.15, -0.1) is 0 Å². The number of methoxy groups -OCH3 is 1. The van der Waals surface area contributed by atoms with Gasteiger partial charge in [0, 0.05) is 7.11 Å². The molecule has 0 atom stereocenters. The number of nitrogens with zero attached hydrogens (tertiary/aromatic N) is 3. The van der Waals surface area contributed by atoms with Gasteiger partial charge in [-0.2, -0.15) is 4.98 Å². The molecule has 2 N–H and O–H groups in total. The highest BCUT2D eigenvalue weighted by molar-refractivity contribution is 5.89. The molecule has 7 nitrogen and oxygen atoms in total. The van der Waals surface area contributed by atoms with E-state index in [9.17, 15) is 5.11 Å². The molecule has 1 fully saturated rings. The fraction of sp³-hybridized carbons (Fsp3) is 0.438. The standard InChI is InChI=1S/C16H18N4O3/c1-22-16(7-2-3-8-16)15-19-14(23-20-15)10-5-4-6-11-13(10)18-12(9-21)17-11/h4-6,21H,2-3,7-9H2,1H3,(H,17,18). The van der Waals surface area contributed by atoms with Crippen LogP contribution in [0, 0.1) is 0 Å². The number of aromatic nitrogens is 4. The van der Waals surface area contributed by atoms with Crippen molar-refractivity contribution in [2.24, 2.45) is 0 Å². The maximum atomic E-state index is 9.25. The van der Waals surface area contributed by atoms with Gasteiger partial charge < -0.3 is 19.4 Å². The smallest absolute Gasteiger partial charge is 0.260 e. The maximum absolute atomic E-state index is 9.25. The van der Waals surface area contributed by atoms with Crippen LogP contribution in [0.2, 0.25) is 0 Å². The number of ether oxygens (including phenoxy) is 1. The van der Waals surface area contributed by atoms with Crippen LogP contribution in [0.3, 0.4) is 0 Å². The maximum Gasteiger partial charge on any atom is 0.260 e. The first kappa shape index (κ1) is 14.3. The third kappa shape index (κ3) is 2.24. The molecule has 1 aliphatic rings. The Morgan fingerprint density at radius 1 is 1.30 bits per heavy atom. The van der Waals surface area contributed by atoms with Gasteiger partial charge in [-0.05, 0) is 37.8 Å². The summed E-state index contributed by atoms with van der Waals surface area (Å²) in [5.74, 6) is 1.53. The van der Waals surface area contributed by atoms with E-state index in [1.807, 2.05) is 18.2 Å². The summed E-state index contributed by atoms with van der Waals surface area (Å²) in [6, 6.07) is 5.67. The molecule has 0 aliphatic heterocycles. The number of imidazole rings is 1. The topological polar surface area (TPSA) is 97.1 Å². The number of H-pyrrole nitrogens is 1. The molecule has 3 aromatic rings. The number of hydrogen-bond acceptors (Lipinski definition) is 6. The summed E-state index contributed by atoms with van der Waals surface area (Å²) in [7, 11) is 1.70. The Hall–Kier alpha value is -2.25. The predicted molar refractivity (Wildman–Crippen MR) is 82.5 cm³/mol. The van der Waals surface area contributed by atoms with Gasteiger partial charge in [0.1, 0.15) is 23.5 Å². The van der Waals surface area contributed by atoms with Crippen LogP contribution in [0.25, 0.3) is 22.5 Å². The van der Waals surface area contributed by atoms with E-state index in [0.29, 0.717) is 23.1 Å². The van der Waals surface area contributed by atoms with Crippen molar-refractivity contribution in [2.75, 3.05) is 7.11 Å². The largest absolute Gasteiger partial charge is 0.388 e. The molecule has 23 heavy (non-hydrogen) atoms. The van der Waals surface area contributed by atoms with Gasteiger partial charge in [0.2, 0.25) is 5.82 Å². The van der Waals surface area contributed by atoms with Gasteiger partial charge >= 0.3 is 0 Å². The van der Waals surface area contributed by atoms with Crippen LogP contribution in [-0.2, 0) is 16.9 Å². The molecule has 0 amide bonds. The highest BCUT2D eigenvalue weighted by Crippen LogP contribution is 2.41. The van der Waals surface area contributed by atoms with Crippen molar-refractivity contribution in [1.82, 2.24) is 20.1 Å². The molecule has 0 saturated heterocycles. The third-order valence-corrected chi connectivity index (χ3v) is 4.58. The molecule has 120 valence electrons. The third-order valence-electron chi connectivity index (χ3n) is 4.58. The van der Waals surface area contributed by atoms with E-state index in [1.54, 1.807) is 7.11 Å². The van der Waals surface area contributed by atoms with Crippen LogP contribution in [0.15, 0.2) is 22.7 Å². The lowest BCUT2D eigenvalue weighted by molar-refractivity contribution is -0.0178. The highest BCUT2D eigenvalue weighted by atomic mass is 16.5. The number of hydrogen-bond donors (Lipinski definition) is 2. The van der Waals surface area contributed by atoms with Crippen LogP contribution >= 0.6 is 0 Å². The minimum absolute atomic E-state index is 0.143. The van der Waals surface area contributed by atoms with Crippen LogP contribution < -0.4 is 0 Å². The van der Waals surface area contributed by atoms with Crippen LogP contribution in [0.1, 0.15) is 37.3 Å². The molecular weight excluding hydrogens is 296 g/mol. The van der Waals surface area contributed by atoms with Crippen LogP contribution in [-0.4, -0.2) is 32.3 Å². The average Bonchev–Trinajstić information content (AvgIpc) is 3.31. The molecule has 1 saturated carbocycles. The minimum Gasteiger partial charge on any atom is -0.388 e. The number of aromatic amines is 1. The van der Waals surface area contributed by atoms with Gasteiger partial charge in [0.05, 0.1) is 11.1 Å². The molecule has 4 rings (SSSR count). The van der Waals surface area contributed by atoms with Gasteiger partial charge in [-0.25, -0.2) is 4.98 Å². The number of aliphatic hydroxyl groups is 1. The van der Waals surface area contributed by atoms with Crippen molar-refractivity contribution in [2.45, 2.75) is 37.9 Å². The van der Waals surface area contributed by atoms with Crippen molar-refractivity contribution in [3.8, 4) is 11.5 Å². The van der Waals surface area contributed by atoms with Crippen molar-refractivity contribution < 1.29 is 14.4 Å². The fourth-order valence-corrected chi connectivity index (χ4v) is 3.31. The van der Waals surface area contributed by atoms with Crippen LogP contribution in [0.4, 0.5) is 0 Å². The fourth-order valence-electron chi connectivity index (χ4n) is 3.31. The number of para-hydroxylation sites is 1. The predicted octanol–water partition coefficient (Wildman–Crippen LogP) is 2.52. The second kappa shape index (κ2) is 5.43. The zero-order valence-corrected chi connectivity index (χ0v) is 12.9. The molecule has 1 aliphatic carbocycles. The quantitative estimate of drug-likeness (QED) is 0.768. The van der Waals surface area contributed by atoms with Crippen molar-refractivity contribution >= 4 is 11.0 Å². The molecule has 1 aromatic carbocycles. The Morgan fingerprint density at radius 2 is 2.13 bits per heavy atom. The summed E-state index contributed by atoms with van der Waals surface area (Å²) in [4.78, 5) is 12.0. The van der Waals surface area contributed by atoms with E-state index in [1.165, 1.54) is 0 Å². The number of rotatable bonds is 4. The van der Waals surface area contributed by atoms with E-state index in [4.69, 9.17) is 9.26 Å². The van der Waals surface area contributed by atoms with E-state index in [-0.39, 0.29) is 6.61 Å². The van der Waals surface area contributed by atoms with E-state index in [0.717, 1.165) is 36.8 Å². The summed E-state index contributed by atoms with van der Waals surface area (Å²) in [6.07, 6.45) is 4.02. The summed E-state index contributed by atoms with van der Waals surface area (Å²) in [5.41, 5.74) is 1.86. The van der Waals surface area contributed by atoms with E-state index < -0.39 is 5.60 Å². The molecule has 2 aromatic heterocycles. The lowest BCUT2D eigenvalue weighted by Crippen LogP contribution is -2.25. The summed E-state index contributed by atoms with van der Waals surface area (Å²) in [5, 5.41) is 13.4. The molecule has 0 bridgehead atoms. The van der Waals surface area contributed by atoms with Gasteiger partial charge in [-0.3, -0.25) is 0 Å². The number of nitrogens with one attached hydrogen (secondary N) is 1. The van der Waals surface area contributed by atoms with Gasteiger partial charge in [0.25, 0.3) is 5.89 Å². The first-order chi connectivity index (χ1) is 11.3. The summed E-state index contributed by atoms with van der Waals surface area (Å²) < 4.78 is 11.2. The zero-order valence-electron chi connectivity index (χ0n) is 12.9. The van der Waals surface area contributed by atoms with Gasteiger partial charge in [-0.1, -0.05) is 11.2 Å². The Labute approximate surface area is 132 Å². The Morgan fingerprint density at radius 3 is 2.87 bits per heavy atom. The van der Waals surface area contributed by atoms with Crippen molar-refractivity contribution in [1.29, 1.82) is 0 Å². The first-order valence-corrected chi connectivity index (χ1v) is 7.74. The lowest BCUT2D eigenvalue weighted by Gasteiger charge is -2.22. The normalized spacial score (nSPS) is 17.1. The summed E-state index contributed by atoms with van der Waals surface area (Å²) in [6.45, 7) is -0.143. The molecular formula is C16H18N4O3. The van der Waals surface area contributed by atoms with Crippen molar-refractivity contribution in [3.63, 3.8) is 0 Å². The monoisotopic (exact) mass is 314 g/mol. The molecule has 0 spiro atoms. The second-order valence-corrected chi connectivity index (χ2v) is 5.87. The Kier molecular flexibility index (Phi) is 3.39. The zero-order chi connectivity index (χ0) is 15.9. The average molecular weight is 314 g/mol. The SMILES string of the molecule is COC1(c2noc(-c3cccc4[nH]c(CO)nc34)n2)CCCC1. The number of fused-ring (bicyclic) bond motifs is 1. The Bertz CT molecular complexity index is 833. The Balaban J connectivity index is 1.79. The van der Waals surface area contributed by atoms with E-state index in [2.05, 4.69) is 20.1 Å². The first-order valence-electron chi connectivity index (χ1n) is 7.74. The molecule has 7 heteroatoms. The molecule has 2 heterocycles. The van der Waals surface area contributed by atoms with Gasteiger partial charge in [0.15, 0.2) is 0 Å².